The molecule has 1 aromatic carbocycles. The van der Waals surface area contributed by atoms with Gasteiger partial charge in [0.25, 0.3) is 0 Å². The van der Waals surface area contributed by atoms with E-state index >= 15 is 0 Å². The van der Waals surface area contributed by atoms with Gasteiger partial charge in [0.2, 0.25) is 0 Å². The molecule has 134 valence electrons. The second-order valence-corrected chi connectivity index (χ2v) is 7.03. The molecule has 24 heavy (non-hydrogen) atoms. The average Bonchev–Trinajstić information content (AvgIpc) is 2.86. The Bertz CT molecular complexity index is 602. The number of ether oxygens (including phenoxy) is 1. The summed E-state index contributed by atoms with van der Waals surface area (Å²) in [6.07, 6.45) is 1.97. The van der Waals surface area contributed by atoms with Gasteiger partial charge in [-0.2, -0.15) is 0 Å². The lowest BCUT2D eigenvalue weighted by Gasteiger charge is -2.25. The van der Waals surface area contributed by atoms with Gasteiger partial charge in [-0.25, -0.2) is 18.0 Å². The van der Waals surface area contributed by atoms with Crippen LogP contribution in [0.25, 0.3) is 0 Å². The topological polar surface area (TPSA) is 50.4 Å². The third kappa shape index (κ3) is 5.12. The fourth-order valence-corrected chi connectivity index (χ4v) is 2.78. The Hall–Kier alpha value is -1.76. The number of carbonyl (C=O) groups is 1. The second-order valence-electron chi connectivity index (χ2n) is 7.03. The number of hydrogen-bond acceptors (Lipinski definition) is 3. The van der Waals surface area contributed by atoms with Crippen molar-refractivity contribution in [2.45, 2.75) is 64.3 Å². The summed E-state index contributed by atoms with van der Waals surface area (Å²) in [5.41, 5.74) is -0.530. The van der Waals surface area contributed by atoms with Gasteiger partial charge in [-0.05, 0) is 46.1 Å². The summed E-state index contributed by atoms with van der Waals surface area (Å²) < 4.78 is 45.1. The molecule has 0 radical (unpaired) electrons. The molecule has 2 unspecified atom stereocenters. The van der Waals surface area contributed by atoms with Crippen molar-refractivity contribution in [1.82, 2.24) is 10.6 Å². The van der Waals surface area contributed by atoms with Crippen LogP contribution in [0.5, 0.6) is 0 Å². The highest BCUT2D eigenvalue weighted by Gasteiger charge is 2.30. The molecular weight excluding hydrogens is 321 g/mol. The van der Waals surface area contributed by atoms with Gasteiger partial charge in [0.1, 0.15) is 11.4 Å². The average molecular weight is 344 g/mol. The molecule has 0 spiro atoms. The molecule has 1 amide bonds. The van der Waals surface area contributed by atoms with Gasteiger partial charge in [0.05, 0.1) is 0 Å². The molecule has 2 atom stereocenters. The Morgan fingerprint density at radius 2 is 1.75 bits per heavy atom. The van der Waals surface area contributed by atoms with Crippen LogP contribution in [0.15, 0.2) is 12.1 Å². The predicted molar refractivity (Wildman–Crippen MR) is 84.0 cm³/mol. The maximum atomic E-state index is 13.7. The molecular formula is C17H23F3N2O2. The van der Waals surface area contributed by atoms with Gasteiger partial charge >= 0.3 is 6.09 Å². The standard InChI is InChI=1S/C17H23F3N2O2/c1-17(2,3)24-16(23)22-15-6-4-5-14(15)21-9-10-7-12(19)13(20)8-11(10)18/h7-8,14-15,21H,4-6,9H2,1-3H3,(H,22,23). The fraction of sp³-hybridized carbons (Fsp3) is 0.588. The molecule has 1 saturated carbocycles. The molecule has 0 aromatic heterocycles. The summed E-state index contributed by atoms with van der Waals surface area (Å²) in [6.45, 7) is 5.40. The summed E-state index contributed by atoms with van der Waals surface area (Å²) in [6, 6.07) is 1.17. The summed E-state index contributed by atoms with van der Waals surface area (Å²) >= 11 is 0. The van der Waals surface area contributed by atoms with Crippen molar-refractivity contribution in [3.05, 3.63) is 35.1 Å². The van der Waals surface area contributed by atoms with Crippen molar-refractivity contribution in [2.24, 2.45) is 0 Å². The maximum absolute atomic E-state index is 13.7. The quantitative estimate of drug-likeness (QED) is 0.820. The first kappa shape index (κ1) is 18.6. The number of hydrogen-bond donors (Lipinski definition) is 2. The van der Waals surface area contributed by atoms with Gasteiger partial charge in [0.15, 0.2) is 11.6 Å². The third-order valence-corrected chi connectivity index (χ3v) is 3.86. The molecule has 0 aliphatic heterocycles. The van der Waals surface area contributed by atoms with E-state index in [-0.39, 0.29) is 24.2 Å². The van der Waals surface area contributed by atoms with E-state index < -0.39 is 29.1 Å². The SMILES string of the molecule is CC(C)(C)OC(=O)NC1CCCC1NCc1cc(F)c(F)cc1F. The summed E-state index contributed by atoms with van der Waals surface area (Å²) in [4.78, 5) is 11.9. The summed E-state index contributed by atoms with van der Waals surface area (Å²) in [5.74, 6) is -3.08. The van der Waals surface area contributed by atoms with Crippen molar-refractivity contribution in [3.63, 3.8) is 0 Å². The van der Waals surface area contributed by atoms with E-state index in [1.807, 2.05) is 0 Å². The number of carbonyl (C=O) groups excluding carboxylic acids is 1. The molecule has 0 bridgehead atoms. The minimum absolute atomic E-state index is 0.0526. The van der Waals surface area contributed by atoms with Crippen molar-refractivity contribution < 1.29 is 22.7 Å². The van der Waals surface area contributed by atoms with Crippen LogP contribution in [0.3, 0.4) is 0 Å². The van der Waals surface area contributed by atoms with Crippen LogP contribution in [-0.2, 0) is 11.3 Å². The summed E-state index contributed by atoms with van der Waals surface area (Å²) in [5, 5.41) is 5.91. The van der Waals surface area contributed by atoms with Gasteiger partial charge < -0.3 is 15.4 Å². The zero-order chi connectivity index (χ0) is 17.9. The fourth-order valence-electron chi connectivity index (χ4n) is 2.78. The van der Waals surface area contributed by atoms with E-state index in [4.69, 9.17) is 4.74 Å². The zero-order valence-corrected chi connectivity index (χ0v) is 14.1. The summed E-state index contributed by atoms with van der Waals surface area (Å²) in [7, 11) is 0. The largest absolute Gasteiger partial charge is 0.444 e. The molecule has 1 fully saturated rings. The maximum Gasteiger partial charge on any atom is 0.407 e. The molecule has 1 aliphatic rings. The van der Waals surface area contributed by atoms with Gasteiger partial charge in [-0.15, -0.1) is 0 Å². The van der Waals surface area contributed by atoms with Crippen LogP contribution in [-0.4, -0.2) is 23.8 Å². The minimum atomic E-state index is -1.21. The number of nitrogens with one attached hydrogen (secondary N) is 2. The molecule has 0 saturated heterocycles. The van der Waals surface area contributed by atoms with Crippen LogP contribution < -0.4 is 10.6 Å². The molecule has 1 aromatic rings. The van der Waals surface area contributed by atoms with Crippen molar-refractivity contribution in [3.8, 4) is 0 Å². The van der Waals surface area contributed by atoms with Crippen molar-refractivity contribution in [1.29, 1.82) is 0 Å². The van der Waals surface area contributed by atoms with Gasteiger partial charge in [-0.3, -0.25) is 0 Å². The van der Waals surface area contributed by atoms with Crippen LogP contribution in [0, 0.1) is 17.5 Å². The highest BCUT2D eigenvalue weighted by Crippen LogP contribution is 2.21. The van der Waals surface area contributed by atoms with E-state index in [0.29, 0.717) is 6.07 Å². The molecule has 1 aliphatic carbocycles. The first-order valence-electron chi connectivity index (χ1n) is 8.02. The van der Waals surface area contributed by atoms with E-state index in [0.717, 1.165) is 25.3 Å². The number of halogens is 3. The minimum Gasteiger partial charge on any atom is -0.444 e. The van der Waals surface area contributed by atoms with E-state index in [2.05, 4.69) is 10.6 Å². The Labute approximate surface area is 139 Å². The highest BCUT2D eigenvalue weighted by atomic mass is 19.2. The third-order valence-electron chi connectivity index (χ3n) is 3.86. The van der Waals surface area contributed by atoms with E-state index in [1.165, 1.54) is 0 Å². The first-order valence-corrected chi connectivity index (χ1v) is 8.02. The number of benzene rings is 1. The Morgan fingerprint density at radius 3 is 2.42 bits per heavy atom. The number of amides is 1. The highest BCUT2D eigenvalue weighted by molar-refractivity contribution is 5.68. The Balaban J connectivity index is 1.92. The van der Waals surface area contributed by atoms with Gasteiger partial charge in [-0.1, -0.05) is 0 Å². The lowest BCUT2D eigenvalue weighted by molar-refractivity contribution is 0.0498. The van der Waals surface area contributed by atoms with E-state index in [9.17, 15) is 18.0 Å². The molecule has 7 heteroatoms. The van der Waals surface area contributed by atoms with Crippen LogP contribution in [0.4, 0.5) is 18.0 Å². The monoisotopic (exact) mass is 344 g/mol. The Kier molecular flexibility index (Phi) is 5.74. The smallest absolute Gasteiger partial charge is 0.407 e. The first-order chi connectivity index (χ1) is 11.2. The lowest BCUT2D eigenvalue weighted by atomic mass is 10.1. The van der Waals surface area contributed by atoms with Crippen molar-refractivity contribution >= 4 is 6.09 Å². The van der Waals surface area contributed by atoms with Crippen LogP contribution in [0.2, 0.25) is 0 Å². The zero-order valence-electron chi connectivity index (χ0n) is 14.1. The van der Waals surface area contributed by atoms with Crippen molar-refractivity contribution in [2.75, 3.05) is 0 Å². The second kappa shape index (κ2) is 7.42. The normalized spacial score (nSPS) is 20.9. The number of alkyl carbamates (subject to hydrolysis) is 1. The van der Waals surface area contributed by atoms with Gasteiger partial charge in [0, 0.05) is 30.3 Å². The van der Waals surface area contributed by atoms with Crippen LogP contribution in [0.1, 0.15) is 45.6 Å². The predicted octanol–water partition coefficient (Wildman–Crippen LogP) is 3.64. The van der Waals surface area contributed by atoms with Crippen LogP contribution >= 0.6 is 0 Å². The number of rotatable bonds is 4. The molecule has 4 nitrogen and oxygen atoms in total. The Morgan fingerprint density at radius 1 is 1.12 bits per heavy atom. The van der Waals surface area contributed by atoms with E-state index in [1.54, 1.807) is 20.8 Å². The lowest BCUT2D eigenvalue weighted by Crippen LogP contribution is -2.47. The molecule has 2 N–H and O–H groups in total. The molecule has 2 rings (SSSR count). The molecule has 0 heterocycles.